The molecule has 1 aromatic heterocycles. The SMILES string of the molecule is COc1ncccc1CNc1cc(Br)c(F)cc1C. The van der Waals surface area contributed by atoms with Crippen LogP contribution < -0.4 is 10.1 Å². The first-order valence-corrected chi connectivity index (χ1v) is 6.58. The van der Waals surface area contributed by atoms with Crippen molar-refractivity contribution in [2.45, 2.75) is 13.5 Å². The van der Waals surface area contributed by atoms with Crippen LogP contribution in [0.3, 0.4) is 0 Å². The van der Waals surface area contributed by atoms with Gasteiger partial charge in [-0.2, -0.15) is 0 Å². The number of methoxy groups -OCH3 is 1. The van der Waals surface area contributed by atoms with E-state index in [0.29, 0.717) is 16.9 Å². The van der Waals surface area contributed by atoms with E-state index >= 15 is 0 Å². The fourth-order valence-corrected chi connectivity index (χ4v) is 2.11. The summed E-state index contributed by atoms with van der Waals surface area (Å²) in [7, 11) is 1.59. The highest BCUT2D eigenvalue weighted by Gasteiger charge is 2.07. The van der Waals surface area contributed by atoms with E-state index < -0.39 is 0 Å². The Hall–Kier alpha value is -1.62. The first-order chi connectivity index (χ1) is 9.11. The molecule has 2 rings (SSSR count). The van der Waals surface area contributed by atoms with Crippen molar-refractivity contribution in [1.29, 1.82) is 0 Å². The second kappa shape index (κ2) is 6.02. The molecule has 2 aromatic rings. The number of pyridine rings is 1. The van der Waals surface area contributed by atoms with Crippen LogP contribution in [-0.4, -0.2) is 12.1 Å². The van der Waals surface area contributed by atoms with E-state index in [4.69, 9.17) is 4.74 Å². The number of aromatic nitrogens is 1. The summed E-state index contributed by atoms with van der Waals surface area (Å²) in [6.45, 7) is 2.42. The smallest absolute Gasteiger partial charge is 0.218 e. The number of halogens is 2. The first-order valence-electron chi connectivity index (χ1n) is 5.79. The molecule has 0 aliphatic carbocycles. The van der Waals surface area contributed by atoms with Crippen molar-refractivity contribution in [1.82, 2.24) is 4.98 Å². The van der Waals surface area contributed by atoms with Gasteiger partial charge in [-0.25, -0.2) is 9.37 Å². The highest BCUT2D eigenvalue weighted by atomic mass is 79.9. The molecule has 0 bridgehead atoms. The third-order valence-corrected chi connectivity index (χ3v) is 3.39. The van der Waals surface area contributed by atoms with Crippen molar-refractivity contribution >= 4 is 21.6 Å². The molecule has 1 aromatic carbocycles. The molecule has 0 unspecified atom stereocenters. The lowest BCUT2D eigenvalue weighted by Crippen LogP contribution is -2.04. The number of hydrogen-bond donors (Lipinski definition) is 1. The molecular formula is C14H14BrFN2O. The number of nitrogens with one attached hydrogen (secondary N) is 1. The van der Waals surface area contributed by atoms with Gasteiger partial charge in [0.15, 0.2) is 0 Å². The van der Waals surface area contributed by atoms with Gasteiger partial charge in [0.1, 0.15) is 5.82 Å². The number of rotatable bonds is 4. The van der Waals surface area contributed by atoms with E-state index in [1.807, 2.05) is 19.1 Å². The summed E-state index contributed by atoms with van der Waals surface area (Å²) in [5, 5.41) is 3.26. The summed E-state index contributed by atoms with van der Waals surface area (Å²) >= 11 is 3.18. The zero-order valence-corrected chi connectivity index (χ0v) is 12.3. The Morgan fingerprint density at radius 3 is 2.95 bits per heavy atom. The summed E-state index contributed by atoms with van der Waals surface area (Å²) < 4.78 is 19.0. The van der Waals surface area contributed by atoms with Gasteiger partial charge in [-0.05, 0) is 46.6 Å². The van der Waals surface area contributed by atoms with Crippen LogP contribution >= 0.6 is 15.9 Å². The average molecular weight is 325 g/mol. The molecule has 0 atom stereocenters. The summed E-state index contributed by atoms with van der Waals surface area (Å²) in [6.07, 6.45) is 1.68. The van der Waals surface area contributed by atoms with Gasteiger partial charge in [0.2, 0.25) is 5.88 Å². The number of ether oxygens (including phenoxy) is 1. The Balaban J connectivity index is 2.17. The topological polar surface area (TPSA) is 34.1 Å². The molecule has 19 heavy (non-hydrogen) atoms. The second-order valence-electron chi connectivity index (χ2n) is 4.11. The minimum absolute atomic E-state index is 0.262. The molecular weight excluding hydrogens is 311 g/mol. The predicted octanol–water partition coefficient (Wildman–Crippen LogP) is 3.91. The quantitative estimate of drug-likeness (QED) is 0.925. The van der Waals surface area contributed by atoms with Crippen LogP contribution in [-0.2, 0) is 6.54 Å². The van der Waals surface area contributed by atoms with Crippen LogP contribution in [0.15, 0.2) is 34.9 Å². The standard InChI is InChI=1S/C14H14BrFN2O/c1-9-6-12(16)11(15)7-13(9)18-8-10-4-3-5-17-14(10)19-2/h3-7,18H,8H2,1-2H3. The van der Waals surface area contributed by atoms with Gasteiger partial charge in [-0.3, -0.25) is 0 Å². The summed E-state index contributed by atoms with van der Waals surface area (Å²) in [5.41, 5.74) is 2.67. The predicted molar refractivity (Wildman–Crippen MR) is 77.0 cm³/mol. The Bertz CT molecular complexity index is 590. The maximum Gasteiger partial charge on any atom is 0.218 e. The Morgan fingerprint density at radius 1 is 1.42 bits per heavy atom. The largest absolute Gasteiger partial charge is 0.481 e. The van der Waals surface area contributed by atoms with Crippen LogP contribution in [0.4, 0.5) is 10.1 Å². The van der Waals surface area contributed by atoms with E-state index in [9.17, 15) is 4.39 Å². The molecule has 1 N–H and O–H groups in total. The Morgan fingerprint density at radius 2 is 2.21 bits per heavy atom. The number of aryl methyl sites for hydroxylation is 1. The molecule has 1 heterocycles. The molecule has 0 fully saturated rings. The summed E-state index contributed by atoms with van der Waals surface area (Å²) in [5.74, 6) is 0.329. The number of anilines is 1. The summed E-state index contributed by atoms with van der Waals surface area (Å²) in [4.78, 5) is 4.13. The molecule has 3 nitrogen and oxygen atoms in total. The number of benzene rings is 1. The first kappa shape index (κ1) is 13.8. The van der Waals surface area contributed by atoms with Gasteiger partial charge in [-0.1, -0.05) is 6.07 Å². The van der Waals surface area contributed by atoms with Gasteiger partial charge >= 0.3 is 0 Å². The van der Waals surface area contributed by atoms with Crippen LogP contribution in [0.1, 0.15) is 11.1 Å². The van der Waals surface area contributed by atoms with Gasteiger partial charge < -0.3 is 10.1 Å². The molecule has 0 radical (unpaired) electrons. The fourth-order valence-electron chi connectivity index (χ4n) is 1.77. The monoisotopic (exact) mass is 324 g/mol. The maximum atomic E-state index is 13.3. The van der Waals surface area contributed by atoms with Gasteiger partial charge in [0, 0.05) is 24.0 Å². The van der Waals surface area contributed by atoms with Crippen LogP contribution in [0.2, 0.25) is 0 Å². The highest BCUT2D eigenvalue weighted by Crippen LogP contribution is 2.25. The minimum Gasteiger partial charge on any atom is -0.481 e. The molecule has 100 valence electrons. The van der Waals surface area contributed by atoms with Crippen molar-refractivity contribution in [3.05, 3.63) is 51.9 Å². The van der Waals surface area contributed by atoms with Crippen LogP contribution in [0.5, 0.6) is 5.88 Å². The lowest BCUT2D eigenvalue weighted by Gasteiger charge is -2.12. The van der Waals surface area contributed by atoms with Gasteiger partial charge in [0.25, 0.3) is 0 Å². The van der Waals surface area contributed by atoms with Crippen molar-refractivity contribution in [3.8, 4) is 5.88 Å². The van der Waals surface area contributed by atoms with Gasteiger partial charge in [0.05, 0.1) is 11.6 Å². The van der Waals surface area contributed by atoms with E-state index in [2.05, 4.69) is 26.2 Å². The molecule has 5 heteroatoms. The van der Waals surface area contributed by atoms with Crippen molar-refractivity contribution in [3.63, 3.8) is 0 Å². The molecule has 0 saturated heterocycles. The molecule has 0 aliphatic rings. The van der Waals surface area contributed by atoms with E-state index in [-0.39, 0.29) is 5.82 Å². The average Bonchev–Trinajstić information content (AvgIpc) is 2.41. The third-order valence-electron chi connectivity index (χ3n) is 2.78. The molecule has 0 amide bonds. The lowest BCUT2D eigenvalue weighted by molar-refractivity contribution is 0.393. The van der Waals surface area contributed by atoms with Crippen molar-refractivity contribution in [2.75, 3.05) is 12.4 Å². The van der Waals surface area contributed by atoms with Crippen molar-refractivity contribution in [2.24, 2.45) is 0 Å². The summed E-state index contributed by atoms with van der Waals surface area (Å²) in [6, 6.07) is 7.01. The number of nitrogens with zero attached hydrogens (tertiary/aromatic N) is 1. The van der Waals surface area contributed by atoms with E-state index in [1.54, 1.807) is 19.4 Å². The minimum atomic E-state index is -0.262. The van der Waals surface area contributed by atoms with Gasteiger partial charge in [-0.15, -0.1) is 0 Å². The zero-order valence-electron chi connectivity index (χ0n) is 10.7. The maximum absolute atomic E-state index is 13.3. The van der Waals surface area contributed by atoms with E-state index in [1.165, 1.54) is 6.07 Å². The molecule has 0 aliphatic heterocycles. The molecule has 0 spiro atoms. The van der Waals surface area contributed by atoms with Crippen LogP contribution in [0.25, 0.3) is 0 Å². The zero-order chi connectivity index (χ0) is 13.8. The van der Waals surface area contributed by atoms with Crippen molar-refractivity contribution < 1.29 is 9.13 Å². The number of hydrogen-bond acceptors (Lipinski definition) is 3. The highest BCUT2D eigenvalue weighted by molar-refractivity contribution is 9.10. The second-order valence-corrected chi connectivity index (χ2v) is 4.96. The Labute approximate surface area is 119 Å². The molecule has 0 saturated carbocycles. The lowest BCUT2D eigenvalue weighted by atomic mass is 10.2. The van der Waals surface area contributed by atoms with Crippen LogP contribution in [0, 0.1) is 12.7 Å². The fraction of sp³-hybridized carbons (Fsp3) is 0.214. The Kier molecular flexibility index (Phi) is 4.37. The third kappa shape index (κ3) is 3.23. The normalized spacial score (nSPS) is 10.3. The van der Waals surface area contributed by atoms with E-state index in [0.717, 1.165) is 16.8 Å².